The summed E-state index contributed by atoms with van der Waals surface area (Å²) in [5.41, 5.74) is 2.86. The highest BCUT2D eigenvalue weighted by atomic mass is 35.5. The van der Waals surface area contributed by atoms with Crippen LogP contribution in [0.1, 0.15) is 18.1 Å². The number of carbonyl (C=O) groups is 2. The van der Waals surface area contributed by atoms with Crippen LogP contribution in [-0.2, 0) is 20.7 Å². The lowest BCUT2D eigenvalue weighted by Crippen LogP contribution is -2.30. The van der Waals surface area contributed by atoms with Gasteiger partial charge in [-0.1, -0.05) is 23.7 Å². The first kappa shape index (κ1) is 17.9. The molecule has 3 rings (SSSR count). The van der Waals surface area contributed by atoms with Gasteiger partial charge in [0.25, 0.3) is 5.91 Å². The van der Waals surface area contributed by atoms with E-state index in [0.717, 1.165) is 10.9 Å². The highest BCUT2D eigenvalue weighted by molar-refractivity contribution is 6.32. The molecule has 1 aromatic carbocycles. The number of carbonyl (C=O) groups excluding carboxylic acids is 2. The molecule has 134 valence electrons. The van der Waals surface area contributed by atoms with Gasteiger partial charge in [0.2, 0.25) is 0 Å². The summed E-state index contributed by atoms with van der Waals surface area (Å²) in [6, 6.07) is 9.00. The molecule has 6 nitrogen and oxygen atoms in total. The zero-order valence-corrected chi connectivity index (χ0v) is 15.0. The molecule has 1 atom stereocenters. The van der Waals surface area contributed by atoms with Gasteiger partial charge in [0.15, 0.2) is 11.3 Å². The van der Waals surface area contributed by atoms with Gasteiger partial charge >= 0.3 is 5.97 Å². The van der Waals surface area contributed by atoms with Crippen LogP contribution in [0.2, 0.25) is 5.15 Å². The number of benzene rings is 1. The van der Waals surface area contributed by atoms with Crippen molar-refractivity contribution in [3.8, 4) is 0 Å². The fourth-order valence-corrected chi connectivity index (χ4v) is 2.66. The Morgan fingerprint density at radius 2 is 2.15 bits per heavy atom. The van der Waals surface area contributed by atoms with E-state index in [2.05, 4.69) is 10.3 Å². The van der Waals surface area contributed by atoms with Gasteiger partial charge in [-0.25, -0.2) is 4.98 Å². The molecule has 0 aliphatic carbocycles. The minimum atomic E-state index is -0.973. The maximum absolute atomic E-state index is 12.2. The number of ether oxygens (including phenoxy) is 1. The molecule has 0 bridgehead atoms. The van der Waals surface area contributed by atoms with Gasteiger partial charge in [-0.2, -0.15) is 0 Å². The predicted molar refractivity (Wildman–Crippen MR) is 98.1 cm³/mol. The molecule has 0 fully saturated rings. The average Bonchev–Trinajstić information content (AvgIpc) is 2.98. The third-order valence-electron chi connectivity index (χ3n) is 3.84. The van der Waals surface area contributed by atoms with Crippen molar-refractivity contribution in [1.82, 2.24) is 4.98 Å². The number of anilines is 1. The normalized spacial score (nSPS) is 12.0. The van der Waals surface area contributed by atoms with Gasteiger partial charge in [0, 0.05) is 17.1 Å². The van der Waals surface area contributed by atoms with Gasteiger partial charge in [-0.15, -0.1) is 0 Å². The van der Waals surface area contributed by atoms with E-state index in [9.17, 15) is 9.59 Å². The topological polar surface area (TPSA) is 81.4 Å². The average molecular weight is 373 g/mol. The van der Waals surface area contributed by atoms with Crippen LogP contribution in [-0.4, -0.2) is 23.0 Å². The van der Waals surface area contributed by atoms with E-state index in [1.54, 1.807) is 12.1 Å². The van der Waals surface area contributed by atoms with Crippen LogP contribution in [0.4, 0.5) is 5.69 Å². The van der Waals surface area contributed by atoms with Gasteiger partial charge < -0.3 is 14.5 Å². The molecule has 1 amide bonds. The summed E-state index contributed by atoms with van der Waals surface area (Å²) in [7, 11) is 0. The number of hydrogen-bond donors (Lipinski definition) is 1. The second-order valence-corrected chi connectivity index (χ2v) is 6.26. The molecule has 0 aliphatic heterocycles. The molecule has 0 saturated heterocycles. The molecule has 0 spiro atoms. The molecule has 7 heteroatoms. The fourth-order valence-electron chi connectivity index (χ4n) is 2.49. The number of pyridine rings is 1. The summed E-state index contributed by atoms with van der Waals surface area (Å²) in [6.45, 7) is 3.46. The highest BCUT2D eigenvalue weighted by Crippen LogP contribution is 2.23. The number of aromatic nitrogens is 1. The van der Waals surface area contributed by atoms with Gasteiger partial charge in [0.05, 0.1) is 18.4 Å². The number of halogens is 1. The second-order valence-electron chi connectivity index (χ2n) is 5.90. The largest absolute Gasteiger partial charge is 0.464 e. The Labute approximate surface area is 155 Å². The summed E-state index contributed by atoms with van der Waals surface area (Å²) in [4.78, 5) is 28.2. The van der Waals surface area contributed by atoms with Crippen molar-refractivity contribution in [2.24, 2.45) is 0 Å². The Morgan fingerprint density at radius 1 is 1.35 bits per heavy atom. The fraction of sp³-hybridized carbons (Fsp3) is 0.211. The quantitative estimate of drug-likeness (QED) is 0.542. The molecular weight excluding hydrogens is 356 g/mol. The first-order valence-corrected chi connectivity index (χ1v) is 8.39. The molecule has 1 N–H and O–H groups in total. The molecule has 1 unspecified atom stereocenters. The van der Waals surface area contributed by atoms with E-state index in [1.807, 2.05) is 25.1 Å². The minimum absolute atomic E-state index is 0.0152. The molecule has 0 aliphatic rings. The summed E-state index contributed by atoms with van der Waals surface area (Å²) >= 11 is 5.90. The second kappa shape index (κ2) is 7.58. The number of fused-ring (bicyclic) bond motifs is 1. The third-order valence-corrected chi connectivity index (χ3v) is 4.14. The minimum Gasteiger partial charge on any atom is -0.464 e. The number of aryl methyl sites for hydroxylation is 1. The Bertz CT molecular complexity index is 967. The van der Waals surface area contributed by atoms with E-state index < -0.39 is 18.0 Å². The molecule has 3 aromatic rings. The summed E-state index contributed by atoms with van der Waals surface area (Å²) < 4.78 is 10.7. The van der Waals surface area contributed by atoms with Crippen LogP contribution < -0.4 is 5.32 Å². The van der Waals surface area contributed by atoms with Crippen molar-refractivity contribution >= 4 is 40.1 Å². The number of esters is 1. The molecule has 2 aromatic heterocycles. The lowest BCUT2D eigenvalue weighted by atomic mass is 10.1. The Morgan fingerprint density at radius 3 is 2.92 bits per heavy atom. The summed E-state index contributed by atoms with van der Waals surface area (Å²) in [5, 5.41) is 3.60. The van der Waals surface area contributed by atoms with E-state index >= 15 is 0 Å². The van der Waals surface area contributed by atoms with E-state index in [4.69, 9.17) is 20.8 Å². The Balaban J connectivity index is 1.61. The number of nitrogens with one attached hydrogen (secondary N) is 1. The molecule has 26 heavy (non-hydrogen) atoms. The number of furan rings is 1. The maximum Gasteiger partial charge on any atom is 0.311 e. The smallest absolute Gasteiger partial charge is 0.311 e. The SMILES string of the molecule is Cc1ccc2c(CC(=O)OC(C)C(=O)Nc3cccnc3Cl)coc2c1. The van der Waals surface area contributed by atoms with Gasteiger partial charge in [-0.05, 0) is 37.6 Å². The van der Waals surface area contributed by atoms with E-state index in [0.29, 0.717) is 16.8 Å². The molecule has 0 saturated carbocycles. The van der Waals surface area contributed by atoms with Crippen LogP contribution in [0.5, 0.6) is 0 Å². The molecular formula is C19H17ClN2O4. The van der Waals surface area contributed by atoms with Crippen LogP contribution in [0.3, 0.4) is 0 Å². The van der Waals surface area contributed by atoms with Gasteiger partial charge in [0.1, 0.15) is 5.58 Å². The maximum atomic E-state index is 12.2. The Kier molecular flexibility index (Phi) is 5.23. The van der Waals surface area contributed by atoms with Crippen molar-refractivity contribution < 1.29 is 18.7 Å². The standard InChI is InChI=1S/C19H17ClN2O4/c1-11-5-6-14-13(10-25-16(14)8-11)9-17(23)26-12(2)19(24)22-15-4-3-7-21-18(15)20/h3-8,10,12H,9H2,1-2H3,(H,22,24). The highest BCUT2D eigenvalue weighted by Gasteiger charge is 2.20. The predicted octanol–water partition coefficient (Wildman–Crippen LogP) is 3.90. The summed E-state index contributed by atoms with van der Waals surface area (Å²) in [6.07, 6.45) is 2.09. The van der Waals surface area contributed by atoms with Crippen LogP contribution in [0.15, 0.2) is 47.2 Å². The Hall–Kier alpha value is -2.86. The van der Waals surface area contributed by atoms with Crippen molar-refractivity contribution in [1.29, 1.82) is 0 Å². The van der Waals surface area contributed by atoms with Crippen molar-refractivity contribution in [3.63, 3.8) is 0 Å². The van der Waals surface area contributed by atoms with Gasteiger partial charge in [-0.3, -0.25) is 9.59 Å². The first-order valence-electron chi connectivity index (χ1n) is 8.01. The molecule has 0 radical (unpaired) electrons. The number of rotatable bonds is 5. The third kappa shape index (κ3) is 4.03. The van der Waals surface area contributed by atoms with Crippen molar-refractivity contribution in [3.05, 3.63) is 59.1 Å². The number of amides is 1. The van der Waals surface area contributed by atoms with E-state index in [1.165, 1.54) is 19.4 Å². The van der Waals surface area contributed by atoms with Crippen LogP contribution >= 0.6 is 11.6 Å². The van der Waals surface area contributed by atoms with Crippen LogP contribution in [0.25, 0.3) is 11.0 Å². The number of hydrogen-bond acceptors (Lipinski definition) is 5. The zero-order valence-electron chi connectivity index (χ0n) is 14.3. The monoisotopic (exact) mass is 372 g/mol. The first-order chi connectivity index (χ1) is 12.4. The zero-order chi connectivity index (χ0) is 18.7. The van der Waals surface area contributed by atoms with Crippen molar-refractivity contribution in [2.45, 2.75) is 26.4 Å². The number of nitrogens with zero attached hydrogens (tertiary/aromatic N) is 1. The van der Waals surface area contributed by atoms with Crippen LogP contribution in [0, 0.1) is 6.92 Å². The van der Waals surface area contributed by atoms with E-state index in [-0.39, 0.29) is 11.6 Å². The van der Waals surface area contributed by atoms with Crippen molar-refractivity contribution in [2.75, 3.05) is 5.32 Å². The summed E-state index contributed by atoms with van der Waals surface area (Å²) in [5.74, 6) is -1.01. The molecule has 2 heterocycles. The lowest BCUT2D eigenvalue weighted by Gasteiger charge is -2.13. The lowest BCUT2D eigenvalue weighted by molar-refractivity contribution is -0.152.